The summed E-state index contributed by atoms with van der Waals surface area (Å²) >= 11 is 1.28. The van der Waals surface area contributed by atoms with Gasteiger partial charge < -0.3 is 20.2 Å². The summed E-state index contributed by atoms with van der Waals surface area (Å²) in [6, 6.07) is 12.0. The zero-order valence-electron chi connectivity index (χ0n) is 26.8. The molecule has 0 bridgehead atoms. The minimum Gasteiger partial charge on any atom is -0.392 e. The molecule has 11 nitrogen and oxygen atoms in total. The van der Waals surface area contributed by atoms with E-state index in [1.54, 1.807) is 12.1 Å². The first-order valence-electron chi connectivity index (χ1n) is 16.2. The Morgan fingerprint density at radius 2 is 1.83 bits per heavy atom. The maximum Gasteiger partial charge on any atom is 0.225 e. The number of aliphatic hydroxyl groups is 1. The number of halogens is 1. The van der Waals surface area contributed by atoms with E-state index in [-0.39, 0.29) is 17.6 Å². The third kappa shape index (κ3) is 6.26. The van der Waals surface area contributed by atoms with Crippen molar-refractivity contribution in [2.45, 2.75) is 51.2 Å². The number of nitrogens with one attached hydrogen (secondary N) is 1. The average Bonchev–Trinajstić information content (AvgIpc) is 3.85. The van der Waals surface area contributed by atoms with Gasteiger partial charge in [0.05, 0.1) is 17.8 Å². The summed E-state index contributed by atoms with van der Waals surface area (Å²) in [5.41, 5.74) is 4.67. The van der Waals surface area contributed by atoms with Crippen molar-refractivity contribution in [2.75, 3.05) is 36.5 Å². The van der Waals surface area contributed by atoms with Crippen LogP contribution in [0.25, 0.3) is 28.0 Å². The molecule has 7 rings (SSSR count). The molecule has 13 heteroatoms. The van der Waals surface area contributed by atoms with Crippen molar-refractivity contribution >= 4 is 39.7 Å². The van der Waals surface area contributed by atoms with Gasteiger partial charge in [-0.05, 0) is 68.0 Å². The second-order valence-electron chi connectivity index (χ2n) is 12.5. The molecule has 0 aliphatic carbocycles. The number of hydrogen-bond acceptors (Lipinski definition) is 11. The van der Waals surface area contributed by atoms with Crippen LogP contribution in [0, 0.1) is 23.1 Å². The van der Waals surface area contributed by atoms with Gasteiger partial charge in [0.25, 0.3) is 0 Å². The van der Waals surface area contributed by atoms with Gasteiger partial charge in [0.1, 0.15) is 39.7 Å². The van der Waals surface area contributed by atoms with Gasteiger partial charge in [-0.15, -0.1) is 0 Å². The van der Waals surface area contributed by atoms with E-state index in [2.05, 4.69) is 23.2 Å². The van der Waals surface area contributed by atoms with Gasteiger partial charge in [0, 0.05) is 68.4 Å². The van der Waals surface area contributed by atoms with Crippen LogP contribution >= 0.6 is 11.3 Å². The van der Waals surface area contributed by atoms with Crippen LogP contribution < -0.4 is 15.1 Å². The van der Waals surface area contributed by atoms with E-state index in [1.807, 2.05) is 47.1 Å². The van der Waals surface area contributed by atoms with E-state index in [0.29, 0.717) is 58.9 Å². The molecule has 2 atom stereocenters. The highest BCUT2D eigenvalue weighted by molar-refractivity contribution is 7.16. The second-order valence-corrected chi connectivity index (χ2v) is 13.4. The normalized spacial score (nSPS) is 18.4. The maximum atomic E-state index is 13.6. The van der Waals surface area contributed by atoms with Crippen molar-refractivity contribution in [2.24, 2.45) is 5.92 Å². The van der Waals surface area contributed by atoms with Gasteiger partial charge in [0.2, 0.25) is 5.95 Å². The number of imidazole rings is 1. The van der Waals surface area contributed by atoms with Gasteiger partial charge in [0.15, 0.2) is 5.13 Å². The molecule has 5 aromatic rings. The number of nitriles is 1. The number of β-amino-alcohol motifs (C(OH)–C–C–N with tert-alkyl or cyclic N) is 1. The molecule has 2 fully saturated rings. The quantitative estimate of drug-likeness (QED) is 0.218. The number of piperidine rings is 1. The Morgan fingerprint density at radius 3 is 2.50 bits per heavy atom. The molecule has 2 aliphatic heterocycles. The zero-order valence-corrected chi connectivity index (χ0v) is 27.6. The Labute approximate surface area is 281 Å². The van der Waals surface area contributed by atoms with Crippen LogP contribution in [-0.2, 0) is 11.2 Å². The molecule has 0 unspecified atom stereocenters. The molecule has 1 aromatic carbocycles. The van der Waals surface area contributed by atoms with Crippen LogP contribution in [-0.4, -0.2) is 74.1 Å². The zero-order chi connectivity index (χ0) is 33.4. The molecule has 2 aliphatic rings. The highest BCUT2D eigenvalue weighted by Gasteiger charge is 2.31. The van der Waals surface area contributed by atoms with E-state index in [4.69, 9.17) is 19.9 Å². The van der Waals surface area contributed by atoms with Crippen LogP contribution in [0.4, 0.5) is 21.3 Å². The number of pyridine rings is 1. The van der Waals surface area contributed by atoms with Gasteiger partial charge in [-0.3, -0.25) is 9.20 Å². The lowest BCUT2D eigenvalue weighted by atomic mass is 9.89. The number of carbonyl (C=O) groups is 1. The number of rotatable bonds is 9. The first kappa shape index (κ1) is 31.8. The Balaban J connectivity index is 1.08. The molecule has 6 heterocycles. The lowest BCUT2D eigenvalue weighted by Gasteiger charge is -2.32. The third-order valence-corrected chi connectivity index (χ3v) is 10.3. The molecule has 2 saturated heterocycles. The number of aryl methyl sites for hydroxylation is 1. The summed E-state index contributed by atoms with van der Waals surface area (Å²) in [6.07, 6.45) is 8.83. The van der Waals surface area contributed by atoms with Crippen molar-refractivity contribution in [1.82, 2.24) is 29.7 Å². The van der Waals surface area contributed by atoms with Crippen molar-refractivity contribution in [3.63, 3.8) is 0 Å². The molecule has 0 saturated carbocycles. The van der Waals surface area contributed by atoms with Crippen LogP contribution in [0.3, 0.4) is 0 Å². The molecule has 0 amide bonds. The van der Waals surface area contributed by atoms with Crippen LogP contribution in [0.15, 0.2) is 55.0 Å². The predicted octanol–water partition coefficient (Wildman–Crippen LogP) is 5.15. The highest BCUT2D eigenvalue weighted by atomic mass is 32.1. The van der Waals surface area contributed by atoms with Crippen LogP contribution in [0.1, 0.15) is 43.2 Å². The highest BCUT2D eigenvalue weighted by Crippen LogP contribution is 2.37. The maximum absolute atomic E-state index is 13.6. The lowest BCUT2D eigenvalue weighted by molar-refractivity contribution is -0.121. The molecule has 48 heavy (non-hydrogen) atoms. The number of carbonyl (C=O) groups excluding carboxylic acids is 1. The van der Waals surface area contributed by atoms with Crippen molar-refractivity contribution in [3.05, 3.63) is 71.4 Å². The summed E-state index contributed by atoms with van der Waals surface area (Å²) in [7, 11) is 1.91. The molecule has 0 radical (unpaired) electrons. The first-order chi connectivity index (χ1) is 23.3. The fourth-order valence-corrected chi connectivity index (χ4v) is 7.47. The Hall–Kier alpha value is -4.77. The fraction of sp³-hybridized carbons (Fsp3) is 0.371. The summed E-state index contributed by atoms with van der Waals surface area (Å²) in [4.78, 5) is 36.3. The smallest absolute Gasteiger partial charge is 0.225 e. The number of anilines is 3. The number of ketones is 1. The minimum atomic E-state index is -0.425. The molecule has 4 aromatic heterocycles. The number of nitrogens with zero attached hydrogens (tertiary/aromatic N) is 8. The summed E-state index contributed by atoms with van der Waals surface area (Å²) in [6.45, 7) is 4.13. The van der Waals surface area contributed by atoms with Gasteiger partial charge in [-0.1, -0.05) is 18.3 Å². The fourth-order valence-electron chi connectivity index (χ4n) is 6.63. The Bertz CT molecular complexity index is 1980. The monoisotopic (exact) mass is 665 g/mol. The number of hydrogen-bond donors (Lipinski definition) is 2. The third-order valence-electron chi connectivity index (χ3n) is 9.29. The lowest BCUT2D eigenvalue weighted by Crippen LogP contribution is -2.37. The Morgan fingerprint density at radius 1 is 1.10 bits per heavy atom. The number of fused-ring (bicyclic) bond motifs is 1. The molecule has 246 valence electrons. The average molecular weight is 666 g/mol. The van der Waals surface area contributed by atoms with E-state index >= 15 is 0 Å². The number of aliphatic hydroxyl groups excluding tert-OH is 1. The topological polar surface area (TPSA) is 136 Å². The molecule has 0 spiro atoms. The van der Waals surface area contributed by atoms with Crippen molar-refractivity contribution in [1.29, 1.82) is 5.26 Å². The number of aromatic nitrogens is 5. The van der Waals surface area contributed by atoms with E-state index in [0.717, 1.165) is 54.2 Å². The summed E-state index contributed by atoms with van der Waals surface area (Å²) in [5.74, 6) is 1.71. The van der Waals surface area contributed by atoms with Crippen molar-refractivity contribution < 1.29 is 14.3 Å². The van der Waals surface area contributed by atoms with E-state index < -0.39 is 6.10 Å². The second kappa shape index (κ2) is 13.4. The van der Waals surface area contributed by atoms with Crippen LogP contribution in [0.2, 0.25) is 0 Å². The largest absolute Gasteiger partial charge is 0.392 e. The Kier molecular flexibility index (Phi) is 8.87. The van der Waals surface area contributed by atoms with Gasteiger partial charge >= 0.3 is 0 Å². The van der Waals surface area contributed by atoms with Gasteiger partial charge in [-0.2, -0.15) is 5.26 Å². The first-order valence-corrected chi connectivity index (χ1v) is 17.1. The van der Waals surface area contributed by atoms with Crippen molar-refractivity contribution in [3.8, 4) is 28.5 Å². The predicted molar refractivity (Wildman–Crippen MR) is 183 cm³/mol. The minimum absolute atomic E-state index is 0.203. The summed E-state index contributed by atoms with van der Waals surface area (Å²) in [5, 5.41) is 23.4. The number of Topliss-reactive ketones (excluding diaryl/α,β-unsaturated/α-hetero) is 1. The molecular formula is C35H36FN9O2S. The van der Waals surface area contributed by atoms with Crippen LogP contribution in [0.5, 0.6) is 0 Å². The van der Waals surface area contributed by atoms with Gasteiger partial charge in [-0.25, -0.2) is 24.3 Å². The SMILES string of the molecule is CCc1nc2ccc(-c3cnc(N4CCC(CC(=O)[C@H]5C[C@@H](O)CN5)CC4)nc3)cn2c1N(C)c1nc(-c2ccc(F)cc2)c(C#N)s1. The van der Waals surface area contributed by atoms with E-state index in [9.17, 15) is 19.6 Å². The standard InChI is InChI=1S/C35H36FN9O2S/c1-3-27-33(43(2)35-42-32(30(16-37)48-35)22-4-7-25(36)8-5-22)45-20-23(6-9-31(45)41-27)24-17-39-34(40-18-24)44-12-10-21(11-13-44)14-29(47)28-15-26(46)19-38-28/h4-9,17-18,20-21,26,28,38,46H,3,10-15,19H2,1-2H3/t26-,28-/m1/s1. The number of benzene rings is 1. The molecule has 2 N–H and O–H groups in total. The molecular weight excluding hydrogens is 630 g/mol. The van der Waals surface area contributed by atoms with E-state index in [1.165, 1.54) is 23.5 Å². The number of thiazole rings is 1. The summed E-state index contributed by atoms with van der Waals surface area (Å²) < 4.78 is 15.6.